The Bertz CT molecular complexity index is 651. The molecule has 0 unspecified atom stereocenters. The predicted molar refractivity (Wildman–Crippen MR) is 88.0 cm³/mol. The van der Waals surface area contributed by atoms with E-state index in [0.29, 0.717) is 17.6 Å². The van der Waals surface area contributed by atoms with Crippen LogP contribution in [-0.2, 0) is 6.42 Å². The molecule has 2 N–H and O–H groups in total. The fraction of sp³-hybridized carbons (Fsp3) is 0.438. The molecule has 0 radical (unpaired) electrons. The van der Waals surface area contributed by atoms with Crippen molar-refractivity contribution >= 4 is 21.7 Å². The predicted octanol–water partition coefficient (Wildman–Crippen LogP) is 4.10. The average Bonchev–Trinajstić information content (AvgIpc) is 3.04. The highest BCUT2D eigenvalue weighted by molar-refractivity contribution is 9.10. The van der Waals surface area contributed by atoms with E-state index in [9.17, 15) is 0 Å². The maximum atomic E-state index is 6.09. The number of hydrogen-bond acceptors (Lipinski definition) is 4. The Morgan fingerprint density at radius 3 is 2.76 bits per heavy atom. The summed E-state index contributed by atoms with van der Waals surface area (Å²) in [6.45, 7) is 2.11. The number of nitrogens with two attached hydrogens (primary N) is 1. The van der Waals surface area contributed by atoms with Gasteiger partial charge in [0.05, 0.1) is 10.2 Å². The Hall–Kier alpha value is -1.49. The van der Waals surface area contributed by atoms with Crippen molar-refractivity contribution in [3.63, 3.8) is 0 Å². The second-order valence-corrected chi connectivity index (χ2v) is 6.27. The maximum absolute atomic E-state index is 6.09. The number of hydrogen-bond donors (Lipinski definition) is 1. The minimum Gasteiger partial charge on any atom is -0.383 e. The van der Waals surface area contributed by atoms with E-state index in [1.54, 1.807) is 6.20 Å². The van der Waals surface area contributed by atoms with E-state index in [1.165, 1.54) is 25.7 Å². The third-order valence-corrected chi connectivity index (χ3v) is 4.94. The van der Waals surface area contributed by atoms with Gasteiger partial charge >= 0.3 is 0 Å². The molecule has 2 heterocycles. The largest absolute Gasteiger partial charge is 0.383 e. The first-order chi connectivity index (χ1) is 10.2. The molecule has 0 aromatic carbocycles. The van der Waals surface area contributed by atoms with Crippen molar-refractivity contribution in [3.05, 3.63) is 34.1 Å². The van der Waals surface area contributed by atoms with Crippen LogP contribution >= 0.6 is 15.9 Å². The normalized spacial score (nSPS) is 15.5. The summed E-state index contributed by atoms with van der Waals surface area (Å²) in [5, 5.41) is 0. The molecule has 1 aliphatic carbocycles. The molecule has 21 heavy (non-hydrogen) atoms. The number of nitrogen functional groups attached to an aromatic ring is 1. The van der Waals surface area contributed by atoms with Gasteiger partial charge in [-0.2, -0.15) is 0 Å². The first kappa shape index (κ1) is 14.4. The van der Waals surface area contributed by atoms with Gasteiger partial charge < -0.3 is 5.73 Å². The number of nitrogens with zero attached hydrogens (tertiary/aromatic N) is 3. The average molecular weight is 347 g/mol. The quantitative estimate of drug-likeness (QED) is 0.908. The molecule has 2 aromatic rings. The lowest BCUT2D eigenvalue weighted by atomic mass is 10.0. The fourth-order valence-corrected chi connectivity index (χ4v) is 3.48. The van der Waals surface area contributed by atoms with Crippen LogP contribution in [-0.4, -0.2) is 15.0 Å². The number of pyridine rings is 1. The molecule has 1 aliphatic rings. The second-order valence-electron chi connectivity index (χ2n) is 5.48. The van der Waals surface area contributed by atoms with E-state index >= 15 is 0 Å². The summed E-state index contributed by atoms with van der Waals surface area (Å²) >= 11 is 3.56. The minimum atomic E-state index is 0.484. The third-order valence-electron chi connectivity index (χ3n) is 4.13. The summed E-state index contributed by atoms with van der Waals surface area (Å²) in [6, 6.07) is 4.02. The van der Waals surface area contributed by atoms with Gasteiger partial charge in [-0.1, -0.05) is 25.8 Å². The molecule has 0 amide bonds. The van der Waals surface area contributed by atoms with E-state index in [1.807, 2.05) is 6.07 Å². The minimum absolute atomic E-state index is 0.484. The van der Waals surface area contributed by atoms with Crippen LogP contribution in [0.5, 0.6) is 0 Å². The van der Waals surface area contributed by atoms with Crippen molar-refractivity contribution in [1.82, 2.24) is 15.0 Å². The number of aryl methyl sites for hydroxylation is 1. The Labute approximate surface area is 133 Å². The van der Waals surface area contributed by atoms with Crippen LogP contribution in [0, 0.1) is 0 Å². The molecule has 4 nitrogen and oxygen atoms in total. The number of rotatable bonds is 3. The molecular formula is C16H19BrN4. The first-order valence-corrected chi connectivity index (χ1v) is 8.27. The van der Waals surface area contributed by atoms with Gasteiger partial charge in [0.1, 0.15) is 11.5 Å². The topological polar surface area (TPSA) is 64.7 Å². The van der Waals surface area contributed by atoms with Crippen LogP contribution in [0.25, 0.3) is 11.5 Å². The van der Waals surface area contributed by atoms with Gasteiger partial charge in [0.15, 0.2) is 5.82 Å². The van der Waals surface area contributed by atoms with E-state index in [0.717, 1.165) is 27.8 Å². The van der Waals surface area contributed by atoms with Crippen molar-refractivity contribution in [3.8, 4) is 11.5 Å². The summed E-state index contributed by atoms with van der Waals surface area (Å²) in [5.41, 5.74) is 9.13. The van der Waals surface area contributed by atoms with Crippen LogP contribution in [0.1, 0.15) is 49.8 Å². The SMILES string of the molecule is CCc1cccnc1-c1nc(N)c(Br)c(C2CCCC2)n1. The molecule has 5 heteroatoms. The van der Waals surface area contributed by atoms with Crippen LogP contribution in [0.15, 0.2) is 22.8 Å². The molecule has 0 saturated heterocycles. The fourth-order valence-electron chi connectivity index (χ4n) is 2.98. The summed E-state index contributed by atoms with van der Waals surface area (Å²) < 4.78 is 0.854. The van der Waals surface area contributed by atoms with Crippen molar-refractivity contribution in [2.45, 2.75) is 44.9 Å². The standard InChI is InChI=1S/C16H19BrN4/c1-2-10-8-5-9-19-14(10)16-20-13(11-6-3-4-7-11)12(17)15(18)21-16/h5,8-9,11H,2-4,6-7H2,1H3,(H2,18,20,21). The number of halogens is 1. The molecule has 110 valence electrons. The Morgan fingerprint density at radius 2 is 2.05 bits per heavy atom. The highest BCUT2D eigenvalue weighted by Gasteiger charge is 2.24. The van der Waals surface area contributed by atoms with E-state index < -0.39 is 0 Å². The molecule has 3 rings (SSSR count). The maximum Gasteiger partial charge on any atom is 0.180 e. The third kappa shape index (κ3) is 2.79. The van der Waals surface area contributed by atoms with Crippen LogP contribution in [0.2, 0.25) is 0 Å². The summed E-state index contributed by atoms with van der Waals surface area (Å²) in [6.07, 6.45) is 7.57. The second kappa shape index (κ2) is 6.10. The molecule has 2 aromatic heterocycles. The van der Waals surface area contributed by atoms with Gasteiger partial charge in [-0.05, 0) is 46.8 Å². The van der Waals surface area contributed by atoms with Gasteiger partial charge in [0.2, 0.25) is 0 Å². The summed E-state index contributed by atoms with van der Waals surface area (Å²) in [5.74, 6) is 1.64. The molecular weight excluding hydrogens is 328 g/mol. The molecule has 1 saturated carbocycles. The molecule has 0 bridgehead atoms. The van der Waals surface area contributed by atoms with Crippen molar-refractivity contribution in [1.29, 1.82) is 0 Å². The first-order valence-electron chi connectivity index (χ1n) is 7.48. The lowest BCUT2D eigenvalue weighted by Gasteiger charge is -2.14. The molecule has 0 spiro atoms. The highest BCUT2D eigenvalue weighted by atomic mass is 79.9. The molecule has 1 fully saturated rings. The van der Waals surface area contributed by atoms with Crippen LogP contribution in [0.3, 0.4) is 0 Å². The van der Waals surface area contributed by atoms with Gasteiger partial charge in [0, 0.05) is 12.1 Å². The Balaban J connectivity index is 2.11. The van der Waals surface area contributed by atoms with Gasteiger partial charge in [0.25, 0.3) is 0 Å². The van der Waals surface area contributed by atoms with Gasteiger partial charge in [-0.15, -0.1) is 0 Å². The Kier molecular flexibility index (Phi) is 4.19. The van der Waals surface area contributed by atoms with Crippen LogP contribution < -0.4 is 5.73 Å². The lowest BCUT2D eigenvalue weighted by Crippen LogP contribution is -2.07. The number of anilines is 1. The highest BCUT2D eigenvalue weighted by Crippen LogP contribution is 2.39. The zero-order chi connectivity index (χ0) is 14.8. The van der Waals surface area contributed by atoms with E-state index in [4.69, 9.17) is 10.7 Å². The van der Waals surface area contributed by atoms with E-state index in [2.05, 4.69) is 38.9 Å². The van der Waals surface area contributed by atoms with Gasteiger partial charge in [-0.3, -0.25) is 4.98 Å². The van der Waals surface area contributed by atoms with E-state index in [-0.39, 0.29) is 0 Å². The number of aromatic nitrogens is 3. The van der Waals surface area contributed by atoms with Crippen molar-refractivity contribution < 1.29 is 0 Å². The molecule has 0 atom stereocenters. The smallest absolute Gasteiger partial charge is 0.180 e. The summed E-state index contributed by atoms with van der Waals surface area (Å²) in [7, 11) is 0. The van der Waals surface area contributed by atoms with Crippen LogP contribution in [0.4, 0.5) is 5.82 Å². The zero-order valence-corrected chi connectivity index (χ0v) is 13.7. The van der Waals surface area contributed by atoms with Crippen molar-refractivity contribution in [2.24, 2.45) is 0 Å². The lowest BCUT2D eigenvalue weighted by molar-refractivity contribution is 0.691. The Morgan fingerprint density at radius 1 is 1.29 bits per heavy atom. The monoisotopic (exact) mass is 346 g/mol. The summed E-state index contributed by atoms with van der Waals surface area (Å²) in [4.78, 5) is 13.7. The molecule has 0 aliphatic heterocycles. The van der Waals surface area contributed by atoms with Gasteiger partial charge in [-0.25, -0.2) is 9.97 Å². The zero-order valence-electron chi connectivity index (χ0n) is 12.1. The van der Waals surface area contributed by atoms with Crippen molar-refractivity contribution in [2.75, 3.05) is 5.73 Å².